The molecule has 0 atom stereocenters. The van der Waals surface area contributed by atoms with Crippen molar-refractivity contribution < 1.29 is 0 Å². The van der Waals surface area contributed by atoms with Gasteiger partial charge in [-0.2, -0.15) is 5.26 Å². The smallest absolute Gasteiger partial charge is 0.0628 e. The second kappa shape index (κ2) is 4.99. The Morgan fingerprint density at radius 3 is 2.20 bits per heavy atom. The molecule has 0 amide bonds. The van der Waals surface area contributed by atoms with E-state index < -0.39 is 0 Å². The molecule has 0 N–H and O–H groups in total. The van der Waals surface area contributed by atoms with Gasteiger partial charge in [0.15, 0.2) is 0 Å². The number of rotatable bonds is 6. The van der Waals surface area contributed by atoms with Gasteiger partial charge in [-0.3, -0.25) is 0 Å². The number of hydrogen-bond acceptors (Lipinski definition) is 2. The summed E-state index contributed by atoms with van der Waals surface area (Å²) in [7, 11) is 0. The molecule has 1 fully saturated rings. The van der Waals surface area contributed by atoms with Crippen LogP contribution in [0.15, 0.2) is 0 Å². The van der Waals surface area contributed by atoms with E-state index in [1.165, 1.54) is 12.8 Å². The predicted octanol–water partition coefficient (Wildman–Crippen LogP) is 3.05. The maximum Gasteiger partial charge on any atom is 0.0628 e. The van der Waals surface area contributed by atoms with E-state index in [4.69, 9.17) is 5.26 Å². The molecule has 0 heterocycles. The van der Waals surface area contributed by atoms with E-state index in [-0.39, 0.29) is 0 Å². The maximum atomic E-state index is 8.81. The fourth-order valence-corrected chi connectivity index (χ4v) is 2.09. The number of nitriles is 1. The van der Waals surface area contributed by atoms with Crippen LogP contribution in [-0.2, 0) is 0 Å². The molecule has 0 radical (unpaired) electrons. The van der Waals surface area contributed by atoms with Crippen LogP contribution in [-0.4, -0.2) is 24.0 Å². The Hall–Kier alpha value is -0.550. The molecule has 0 unspecified atom stereocenters. The van der Waals surface area contributed by atoms with Crippen molar-refractivity contribution in [2.45, 2.75) is 53.0 Å². The zero-order chi connectivity index (χ0) is 11.5. The van der Waals surface area contributed by atoms with Crippen molar-refractivity contribution in [3.63, 3.8) is 0 Å². The van der Waals surface area contributed by atoms with E-state index >= 15 is 0 Å². The summed E-state index contributed by atoms with van der Waals surface area (Å²) < 4.78 is 0. The molecule has 0 saturated heterocycles. The summed E-state index contributed by atoms with van der Waals surface area (Å²) in [6.07, 6.45) is 3.25. The van der Waals surface area contributed by atoms with Crippen LogP contribution < -0.4 is 0 Å². The van der Waals surface area contributed by atoms with Crippen LogP contribution in [0.5, 0.6) is 0 Å². The van der Waals surface area contributed by atoms with Crippen molar-refractivity contribution in [3.05, 3.63) is 0 Å². The van der Waals surface area contributed by atoms with Crippen LogP contribution in [0.3, 0.4) is 0 Å². The molecule has 1 rings (SSSR count). The lowest BCUT2D eigenvalue weighted by Crippen LogP contribution is -2.38. The van der Waals surface area contributed by atoms with Crippen LogP contribution in [0, 0.1) is 22.7 Å². The molecule has 1 aliphatic carbocycles. The standard InChI is InChI=1S/C13H24N2/c1-11(2)9-15(12(3)4)10-13(5-6-13)7-8-14/h11-12H,5-7,9-10H2,1-4H3. The largest absolute Gasteiger partial charge is 0.300 e. The molecule has 0 aliphatic heterocycles. The zero-order valence-corrected chi connectivity index (χ0v) is 10.6. The highest BCUT2D eigenvalue weighted by atomic mass is 15.2. The Morgan fingerprint density at radius 2 is 1.87 bits per heavy atom. The highest BCUT2D eigenvalue weighted by Gasteiger charge is 2.43. The third kappa shape index (κ3) is 3.83. The minimum absolute atomic E-state index is 0.355. The summed E-state index contributed by atoms with van der Waals surface area (Å²) >= 11 is 0. The topological polar surface area (TPSA) is 27.0 Å². The molecule has 86 valence electrons. The number of hydrogen-bond donors (Lipinski definition) is 0. The first-order valence-electron chi connectivity index (χ1n) is 6.10. The van der Waals surface area contributed by atoms with Crippen LogP contribution in [0.1, 0.15) is 47.0 Å². The van der Waals surface area contributed by atoms with Gasteiger partial charge in [0, 0.05) is 25.6 Å². The van der Waals surface area contributed by atoms with Crippen LogP contribution in [0.4, 0.5) is 0 Å². The van der Waals surface area contributed by atoms with Gasteiger partial charge in [-0.05, 0) is 38.0 Å². The lowest BCUT2D eigenvalue weighted by molar-refractivity contribution is 0.160. The summed E-state index contributed by atoms with van der Waals surface area (Å²) in [6, 6.07) is 2.94. The average Bonchev–Trinajstić information content (AvgIpc) is 2.83. The average molecular weight is 208 g/mol. The first-order chi connectivity index (χ1) is 6.99. The predicted molar refractivity (Wildman–Crippen MR) is 63.4 cm³/mol. The molecule has 2 heteroatoms. The Morgan fingerprint density at radius 1 is 1.27 bits per heavy atom. The van der Waals surface area contributed by atoms with Crippen molar-refractivity contribution in [2.24, 2.45) is 11.3 Å². The molecule has 0 bridgehead atoms. The van der Waals surface area contributed by atoms with Gasteiger partial charge in [-0.15, -0.1) is 0 Å². The summed E-state index contributed by atoms with van der Waals surface area (Å²) in [5, 5.41) is 8.81. The Kier molecular flexibility index (Phi) is 4.16. The molecule has 0 aromatic rings. The molecule has 0 aromatic carbocycles. The summed E-state index contributed by atoms with van der Waals surface area (Å²) in [4.78, 5) is 2.54. The molecule has 1 saturated carbocycles. The fraction of sp³-hybridized carbons (Fsp3) is 0.923. The third-order valence-corrected chi connectivity index (χ3v) is 3.28. The molecular formula is C13H24N2. The van der Waals surface area contributed by atoms with E-state index in [0.29, 0.717) is 17.4 Å². The fourth-order valence-electron chi connectivity index (χ4n) is 2.09. The second-order valence-corrected chi connectivity index (χ2v) is 5.75. The molecular weight excluding hydrogens is 184 g/mol. The SMILES string of the molecule is CC(C)CN(CC1(CC#N)CC1)C(C)C. The molecule has 2 nitrogen and oxygen atoms in total. The highest BCUT2D eigenvalue weighted by Crippen LogP contribution is 2.49. The zero-order valence-electron chi connectivity index (χ0n) is 10.6. The summed E-state index contributed by atoms with van der Waals surface area (Å²) in [5.41, 5.74) is 0.355. The lowest BCUT2D eigenvalue weighted by atomic mass is 10.0. The van der Waals surface area contributed by atoms with Gasteiger partial charge in [0.1, 0.15) is 0 Å². The van der Waals surface area contributed by atoms with Gasteiger partial charge in [0.05, 0.1) is 6.07 Å². The second-order valence-electron chi connectivity index (χ2n) is 5.75. The Balaban J connectivity index is 2.48. The first kappa shape index (κ1) is 12.5. The van der Waals surface area contributed by atoms with E-state index in [2.05, 4.69) is 38.7 Å². The Bertz CT molecular complexity index is 233. The van der Waals surface area contributed by atoms with Gasteiger partial charge in [0.2, 0.25) is 0 Å². The van der Waals surface area contributed by atoms with Crippen molar-refractivity contribution in [2.75, 3.05) is 13.1 Å². The van der Waals surface area contributed by atoms with E-state index in [1.54, 1.807) is 0 Å². The van der Waals surface area contributed by atoms with Gasteiger partial charge < -0.3 is 4.90 Å². The molecule has 15 heavy (non-hydrogen) atoms. The van der Waals surface area contributed by atoms with E-state index in [9.17, 15) is 0 Å². The van der Waals surface area contributed by atoms with Gasteiger partial charge in [0.25, 0.3) is 0 Å². The minimum atomic E-state index is 0.355. The van der Waals surface area contributed by atoms with Crippen molar-refractivity contribution in [1.82, 2.24) is 4.90 Å². The van der Waals surface area contributed by atoms with Crippen LogP contribution in [0.2, 0.25) is 0 Å². The first-order valence-corrected chi connectivity index (χ1v) is 6.10. The third-order valence-electron chi connectivity index (χ3n) is 3.28. The van der Waals surface area contributed by atoms with Crippen molar-refractivity contribution >= 4 is 0 Å². The monoisotopic (exact) mass is 208 g/mol. The normalized spacial score (nSPS) is 18.5. The summed E-state index contributed by atoms with van der Waals surface area (Å²) in [6.45, 7) is 11.3. The number of nitrogens with zero attached hydrogens (tertiary/aromatic N) is 2. The van der Waals surface area contributed by atoms with Crippen molar-refractivity contribution in [3.8, 4) is 6.07 Å². The Labute approximate surface area is 94.3 Å². The van der Waals surface area contributed by atoms with Crippen molar-refractivity contribution in [1.29, 1.82) is 5.26 Å². The van der Waals surface area contributed by atoms with Gasteiger partial charge in [-0.25, -0.2) is 0 Å². The molecule has 0 aromatic heterocycles. The van der Waals surface area contributed by atoms with E-state index in [1.807, 2.05) is 0 Å². The minimum Gasteiger partial charge on any atom is -0.300 e. The van der Waals surface area contributed by atoms with Gasteiger partial charge in [-0.1, -0.05) is 13.8 Å². The molecule has 1 aliphatic rings. The van der Waals surface area contributed by atoms with Crippen LogP contribution in [0.25, 0.3) is 0 Å². The van der Waals surface area contributed by atoms with E-state index in [0.717, 1.165) is 19.5 Å². The highest BCUT2D eigenvalue weighted by molar-refractivity contribution is 5.01. The quantitative estimate of drug-likeness (QED) is 0.671. The lowest BCUT2D eigenvalue weighted by Gasteiger charge is -2.31. The van der Waals surface area contributed by atoms with Crippen LogP contribution >= 0.6 is 0 Å². The van der Waals surface area contributed by atoms with Gasteiger partial charge >= 0.3 is 0 Å². The molecule has 0 spiro atoms. The summed E-state index contributed by atoms with van der Waals surface area (Å²) in [5.74, 6) is 0.713. The maximum absolute atomic E-state index is 8.81.